The van der Waals surface area contributed by atoms with E-state index in [9.17, 15) is 9.18 Å². The van der Waals surface area contributed by atoms with Crippen molar-refractivity contribution in [1.29, 1.82) is 0 Å². The second-order valence-electron chi connectivity index (χ2n) is 6.21. The lowest BCUT2D eigenvalue weighted by Crippen LogP contribution is -2.44. The van der Waals surface area contributed by atoms with Gasteiger partial charge in [0.15, 0.2) is 0 Å². The van der Waals surface area contributed by atoms with E-state index in [0.29, 0.717) is 30.9 Å². The van der Waals surface area contributed by atoms with Gasteiger partial charge in [0.2, 0.25) is 0 Å². The maximum absolute atomic E-state index is 13.4. The molecule has 4 rings (SSSR count). The number of aromatic nitrogens is 3. The standard InChI is InChI=1S/C18H18FN5O2/c1-23-16-6-5-14(10-15(16)21-22-23)20-18(25)24-7-8-26-17(11-24)12-3-2-4-13(19)9-12/h2-6,9-10,17H,7-8,11H2,1H3,(H,20,25). The van der Waals surface area contributed by atoms with Crippen molar-refractivity contribution < 1.29 is 13.9 Å². The lowest BCUT2D eigenvalue weighted by atomic mass is 10.1. The Morgan fingerprint density at radius 1 is 1.31 bits per heavy atom. The van der Waals surface area contributed by atoms with Crippen molar-refractivity contribution in [1.82, 2.24) is 19.9 Å². The smallest absolute Gasteiger partial charge is 0.322 e. The Balaban J connectivity index is 1.46. The molecule has 3 aromatic rings. The van der Waals surface area contributed by atoms with E-state index in [2.05, 4.69) is 15.6 Å². The molecule has 2 aromatic carbocycles. The molecule has 8 heteroatoms. The molecular weight excluding hydrogens is 337 g/mol. The van der Waals surface area contributed by atoms with Crippen LogP contribution < -0.4 is 5.32 Å². The molecule has 1 saturated heterocycles. The zero-order chi connectivity index (χ0) is 18.1. The van der Waals surface area contributed by atoms with E-state index in [1.54, 1.807) is 27.8 Å². The van der Waals surface area contributed by atoms with E-state index in [1.807, 2.05) is 19.2 Å². The van der Waals surface area contributed by atoms with Gasteiger partial charge in [0, 0.05) is 19.3 Å². The molecule has 26 heavy (non-hydrogen) atoms. The lowest BCUT2D eigenvalue weighted by Gasteiger charge is -2.33. The molecular formula is C18H18FN5O2. The third-order valence-electron chi connectivity index (χ3n) is 4.44. The molecule has 0 spiro atoms. The number of fused-ring (bicyclic) bond motifs is 1. The minimum absolute atomic E-state index is 0.224. The second-order valence-corrected chi connectivity index (χ2v) is 6.21. The van der Waals surface area contributed by atoms with Gasteiger partial charge >= 0.3 is 6.03 Å². The van der Waals surface area contributed by atoms with Gasteiger partial charge in [-0.3, -0.25) is 0 Å². The monoisotopic (exact) mass is 355 g/mol. The number of ether oxygens (including phenoxy) is 1. The highest BCUT2D eigenvalue weighted by molar-refractivity contribution is 5.92. The number of morpholine rings is 1. The third kappa shape index (κ3) is 3.23. The molecule has 7 nitrogen and oxygen atoms in total. The molecule has 0 radical (unpaired) electrons. The highest BCUT2D eigenvalue weighted by Crippen LogP contribution is 2.24. The molecule has 1 fully saturated rings. The number of rotatable bonds is 2. The number of carbonyl (C=O) groups is 1. The van der Waals surface area contributed by atoms with Crippen molar-refractivity contribution >= 4 is 22.8 Å². The summed E-state index contributed by atoms with van der Waals surface area (Å²) >= 11 is 0. The molecule has 1 aromatic heterocycles. The van der Waals surface area contributed by atoms with Crippen LogP contribution >= 0.6 is 0 Å². The Kier molecular flexibility index (Phi) is 4.26. The van der Waals surface area contributed by atoms with Gasteiger partial charge in [-0.2, -0.15) is 0 Å². The van der Waals surface area contributed by atoms with Crippen LogP contribution in [0.2, 0.25) is 0 Å². The van der Waals surface area contributed by atoms with Crippen LogP contribution in [-0.2, 0) is 11.8 Å². The summed E-state index contributed by atoms with van der Waals surface area (Å²) in [7, 11) is 1.81. The molecule has 0 saturated carbocycles. The zero-order valence-electron chi connectivity index (χ0n) is 14.2. The number of aryl methyl sites for hydroxylation is 1. The van der Waals surface area contributed by atoms with Crippen LogP contribution in [0.3, 0.4) is 0 Å². The summed E-state index contributed by atoms with van der Waals surface area (Å²) in [4.78, 5) is 14.3. The van der Waals surface area contributed by atoms with Crippen molar-refractivity contribution in [2.75, 3.05) is 25.0 Å². The van der Waals surface area contributed by atoms with Crippen LogP contribution in [0.25, 0.3) is 11.0 Å². The molecule has 1 unspecified atom stereocenters. The molecule has 0 aliphatic carbocycles. The number of halogens is 1. The number of hydrogen-bond acceptors (Lipinski definition) is 4. The summed E-state index contributed by atoms with van der Waals surface area (Å²) < 4.78 is 20.8. The van der Waals surface area contributed by atoms with Gasteiger partial charge in [-0.15, -0.1) is 5.10 Å². The minimum Gasteiger partial charge on any atom is -0.370 e. The van der Waals surface area contributed by atoms with Gasteiger partial charge in [0.05, 0.1) is 18.7 Å². The normalized spacial score (nSPS) is 17.5. The lowest BCUT2D eigenvalue weighted by molar-refractivity contribution is -0.0136. The van der Waals surface area contributed by atoms with Crippen LogP contribution in [0.5, 0.6) is 0 Å². The first-order chi connectivity index (χ1) is 12.6. The molecule has 134 valence electrons. The van der Waals surface area contributed by atoms with Crippen molar-refractivity contribution in [3.05, 3.63) is 53.8 Å². The molecule has 1 aliphatic rings. The first-order valence-electron chi connectivity index (χ1n) is 8.32. The van der Waals surface area contributed by atoms with Crippen molar-refractivity contribution in [2.45, 2.75) is 6.10 Å². The predicted molar refractivity (Wildman–Crippen MR) is 94.2 cm³/mol. The van der Waals surface area contributed by atoms with Crippen LogP contribution in [-0.4, -0.2) is 45.6 Å². The fourth-order valence-electron chi connectivity index (χ4n) is 3.06. The fraction of sp³-hybridized carbons (Fsp3) is 0.278. The van der Waals surface area contributed by atoms with Gasteiger partial charge in [-0.1, -0.05) is 17.3 Å². The number of amides is 2. The highest BCUT2D eigenvalue weighted by Gasteiger charge is 2.25. The van der Waals surface area contributed by atoms with E-state index < -0.39 is 0 Å². The number of carbonyl (C=O) groups excluding carboxylic acids is 1. The fourth-order valence-corrected chi connectivity index (χ4v) is 3.06. The van der Waals surface area contributed by atoms with Gasteiger partial charge < -0.3 is 15.0 Å². The molecule has 2 heterocycles. The zero-order valence-corrected chi connectivity index (χ0v) is 14.2. The summed E-state index contributed by atoms with van der Waals surface area (Å²) in [6.07, 6.45) is -0.340. The first-order valence-corrected chi connectivity index (χ1v) is 8.32. The summed E-state index contributed by atoms with van der Waals surface area (Å²) in [6.45, 7) is 1.24. The molecule has 1 N–H and O–H groups in total. The summed E-state index contributed by atoms with van der Waals surface area (Å²) in [5, 5.41) is 10.9. The van der Waals surface area contributed by atoms with Gasteiger partial charge in [-0.05, 0) is 35.9 Å². The predicted octanol–water partition coefficient (Wildman–Crippen LogP) is 2.71. The van der Waals surface area contributed by atoms with Gasteiger partial charge in [0.1, 0.15) is 17.4 Å². The van der Waals surface area contributed by atoms with E-state index in [-0.39, 0.29) is 18.0 Å². The number of benzene rings is 2. The van der Waals surface area contributed by atoms with Crippen LogP contribution in [0, 0.1) is 5.82 Å². The number of nitrogens with zero attached hydrogens (tertiary/aromatic N) is 4. The molecule has 1 aliphatic heterocycles. The molecule has 1 atom stereocenters. The highest BCUT2D eigenvalue weighted by atomic mass is 19.1. The largest absolute Gasteiger partial charge is 0.370 e. The quantitative estimate of drug-likeness (QED) is 0.767. The van der Waals surface area contributed by atoms with Gasteiger partial charge in [-0.25, -0.2) is 13.9 Å². The minimum atomic E-state index is -0.340. The maximum atomic E-state index is 13.4. The topological polar surface area (TPSA) is 72.3 Å². The Hall–Kier alpha value is -3.00. The summed E-state index contributed by atoms with van der Waals surface area (Å²) in [5.41, 5.74) is 2.98. The van der Waals surface area contributed by atoms with E-state index in [0.717, 1.165) is 11.1 Å². The molecule has 0 bridgehead atoms. The second kappa shape index (κ2) is 6.72. The van der Waals surface area contributed by atoms with Crippen LogP contribution in [0.15, 0.2) is 42.5 Å². The Morgan fingerprint density at radius 2 is 2.19 bits per heavy atom. The van der Waals surface area contributed by atoms with Gasteiger partial charge in [0.25, 0.3) is 0 Å². The number of anilines is 1. The van der Waals surface area contributed by atoms with Crippen molar-refractivity contribution in [2.24, 2.45) is 7.05 Å². The summed E-state index contributed by atoms with van der Waals surface area (Å²) in [5.74, 6) is -0.315. The first kappa shape index (κ1) is 16.5. The van der Waals surface area contributed by atoms with Crippen LogP contribution in [0.1, 0.15) is 11.7 Å². The Bertz CT molecular complexity index is 958. The van der Waals surface area contributed by atoms with Crippen molar-refractivity contribution in [3.63, 3.8) is 0 Å². The number of nitrogens with one attached hydrogen (secondary N) is 1. The van der Waals surface area contributed by atoms with Crippen LogP contribution in [0.4, 0.5) is 14.9 Å². The Labute approximate surface area is 149 Å². The Morgan fingerprint density at radius 3 is 3.04 bits per heavy atom. The number of urea groups is 1. The van der Waals surface area contributed by atoms with E-state index in [1.165, 1.54) is 12.1 Å². The van der Waals surface area contributed by atoms with E-state index >= 15 is 0 Å². The number of hydrogen-bond donors (Lipinski definition) is 1. The summed E-state index contributed by atoms with van der Waals surface area (Å²) in [6, 6.07) is 11.5. The molecule has 2 amide bonds. The van der Waals surface area contributed by atoms with Crippen molar-refractivity contribution in [3.8, 4) is 0 Å². The van der Waals surface area contributed by atoms with E-state index in [4.69, 9.17) is 4.74 Å². The average Bonchev–Trinajstić information content (AvgIpc) is 3.02. The average molecular weight is 355 g/mol. The SMILES string of the molecule is Cn1nnc2cc(NC(=O)N3CCOC(c4cccc(F)c4)C3)ccc21. The maximum Gasteiger partial charge on any atom is 0.322 e. The third-order valence-corrected chi connectivity index (χ3v) is 4.44.